The highest BCUT2D eigenvalue weighted by molar-refractivity contribution is 5.80. The summed E-state index contributed by atoms with van der Waals surface area (Å²) in [5.41, 5.74) is 0. The summed E-state index contributed by atoms with van der Waals surface area (Å²) in [4.78, 5) is 20.1. The Hall–Kier alpha value is -0.650. The van der Waals surface area contributed by atoms with Crippen molar-refractivity contribution in [1.29, 1.82) is 0 Å². The molecule has 27 heavy (non-hydrogen) atoms. The van der Waals surface area contributed by atoms with Gasteiger partial charge in [-0.1, -0.05) is 13.8 Å². The predicted molar refractivity (Wildman–Crippen MR) is 110 cm³/mol. The molecule has 2 heterocycles. The van der Waals surface area contributed by atoms with E-state index in [1.54, 1.807) is 0 Å². The third-order valence-electron chi connectivity index (χ3n) is 7.04. The minimum Gasteiger partial charge on any atom is -0.377 e. The first kappa shape index (κ1) is 21.1. The van der Waals surface area contributed by atoms with Crippen LogP contribution in [0.3, 0.4) is 0 Å². The monoisotopic (exact) mass is 379 g/mol. The van der Waals surface area contributed by atoms with E-state index in [1.807, 2.05) is 0 Å². The first-order valence-corrected chi connectivity index (χ1v) is 11.3. The highest BCUT2D eigenvalue weighted by Crippen LogP contribution is 2.35. The molecule has 0 aromatic rings. The summed E-state index contributed by atoms with van der Waals surface area (Å²) in [6.07, 6.45) is 4.88. The van der Waals surface area contributed by atoms with Crippen LogP contribution in [-0.2, 0) is 9.53 Å². The average Bonchev–Trinajstić information content (AvgIpc) is 2.61. The third kappa shape index (κ3) is 5.68. The van der Waals surface area contributed by atoms with Crippen molar-refractivity contribution in [3.63, 3.8) is 0 Å². The van der Waals surface area contributed by atoms with Gasteiger partial charge in [0.15, 0.2) is 0 Å². The zero-order valence-electron chi connectivity index (χ0n) is 18.0. The Morgan fingerprint density at radius 2 is 1.59 bits per heavy atom. The van der Waals surface area contributed by atoms with Gasteiger partial charge < -0.3 is 9.64 Å². The molecule has 0 radical (unpaired) electrons. The fraction of sp³-hybridized carbons (Fsp3) is 0.955. The molecule has 156 valence electrons. The van der Waals surface area contributed by atoms with Crippen LogP contribution in [0.1, 0.15) is 53.4 Å². The lowest BCUT2D eigenvalue weighted by molar-refractivity contribution is -0.142. The molecule has 1 amide bonds. The van der Waals surface area contributed by atoms with Crippen LogP contribution in [0, 0.1) is 17.8 Å². The normalized spacial score (nSPS) is 28.7. The van der Waals surface area contributed by atoms with Gasteiger partial charge in [-0.05, 0) is 51.4 Å². The molecule has 3 aliphatic rings. The standard InChI is InChI=1S/C22H41N3O2/c1-17(2)19-5-7-25(8-6-19)22(26)20-15-21(16-20)24-11-9-23(10-12-24)13-14-27-18(3)4/h17-21H,5-16H2,1-4H3. The summed E-state index contributed by atoms with van der Waals surface area (Å²) >= 11 is 0. The van der Waals surface area contributed by atoms with Gasteiger partial charge in [-0.2, -0.15) is 0 Å². The maximum Gasteiger partial charge on any atom is 0.225 e. The molecule has 0 N–H and O–H groups in total. The molecular weight excluding hydrogens is 338 g/mol. The molecule has 0 spiro atoms. The molecule has 3 fully saturated rings. The van der Waals surface area contributed by atoms with Crippen LogP contribution >= 0.6 is 0 Å². The smallest absolute Gasteiger partial charge is 0.225 e. The van der Waals surface area contributed by atoms with Gasteiger partial charge in [-0.15, -0.1) is 0 Å². The molecule has 0 bridgehead atoms. The number of piperidine rings is 1. The largest absolute Gasteiger partial charge is 0.377 e. The lowest BCUT2D eigenvalue weighted by Crippen LogP contribution is -2.57. The molecule has 1 aliphatic carbocycles. The van der Waals surface area contributed by atoms with E-state index in [0.717, 1.165) is 77.1 Å². The van der Waals surface area contributed by atoms with Crippen molar-refractivity contribution >= 4 is 5.91 Å². The number of hydrogen-bond donors (Lipinski definition) is 0. The molecule has 1 saturated carbocycles. The summed E-state index contributed by atoms with van der Waals surface area (Å²) in [5.74, 6) is 2.30. The van der Waals surface area contributed by atoms with Gasteiger partial charge in [0.25, 0.3) is 0 Å². The maximum atomic E-state index is 12.8. The van der Waals surface area contributed by atoms with Crippen molar-refractivity contribution < 1.29 is 9.53 Å². The average molecular weight is 380 g/mol. The Balaban J connectivity index is 1.31. The number of piperazine rings is 1. The molecule has 2 saturated heterocycles. The van der Waals surface area contributed by atoms with Crippen LogP contribution in [0.25, 0.3) is 0 Å². The van der Waals surface area contributed by atoms with Gasteiger partial charge in [0.2, 0.25) is 5.91 Å². The number of carbonyl (C=O) groups is 1. The van der Waals surface area contributed by atoms with Gasteiger partial charge in [0.1, 0.15) is 0 Å². The third-order valence-corrected chi connectivity index (χ3v) is 7.04. The van der Waals surface area contributed by atoms with E-state index in [0.29, 0.717) is 24.0 Å². The molecule has 5 heteroatoms. The Labute approximate surface area is 166 Å². The Bertz CT molecular complexity index is 460. The number of carbonyl (C=O) groups excluding carboxylic acids is 1. The molecule has 3 rings (SSSR count). The highest BCUT2D eigenvalue weighted by atomic mass is 16.5. The molecule has 0 atom stereocenters. The predicted octanol–water partition coefficient (Wildman–Crippen LogP) is 2.70. The number of hydrogen-bond acceptors (Lipinski definition) is 4. The molecule has 2 aliphatic heterocycles. The molecular formula is C22H41N3O2. The Morgan fingerprint density at radius 3 is 2.15 bits per heavy atom. The fourth-order valence-electron chi connectivity index (χ4n) is 4.90. The van der Waals surface area contributed by atoms with Gasteiger partial charge in [-0.25, -0.2) is 0 Å². The zero-order valence-corrected chi connectivity index (χ0v) is 18.0. The summed E-state index contributed by atoms with van der Waals surface area (Å²) in [5, 5.41) is 0. The second kappa shape index (κ2) is 9.71. The number of nitrogens with zero attached hydrogens (tertiary/aromatic N) is 3. The van der Waals surface area contributed by atoms with Crippen molar-refractivity contribution in [3.8, 4) is 0 Å². The quantitative estimate of drug-likeness (QED) is 0.681. The summed E-state index contributed by atoms with van der Waals surface area (Å²) in [6, 6.07) is 0.640. The maximum absolute atomic E-state index is 12.8. The van der Waals surface area contributed by atoms with E-state index in [4.69, 9.17) is 4.74 Å². The first-order chi connectivity index (χ1) is 12.9. The molecule has 5 nitrogen and oxygen atoms in total. The van der Waals surface area contributed by atoms with Crippen LogP contribution in [0.2, 0.25) is 0 Å². The van der Waals surface area contributed by atoms with Crippen LogP contribution in [-0.4, -0.2) is 85.2 Å². The molecule has 0 unspecified atom stereocenters. The van der Waals surface area contributed by atoms with Crippen molar-refractivity contribution in [2.45, 2.75) is 65.5 Å². The van der Waals surface area contributed by atoms with E-state index in [-0.39, 0.29) is 0 Å². The zero-order chi connectivity index (χ0) is 19.4. The first-order valence-electron chi connectivity index (χ1n) is 11.3. The minimum absolute atomic E-state index is 0.295. The van der Waals surface area contributed by atoms with Gasteiger partial charge in [-0.3, -0.25) is 14.6 Å². The summed E-state index contributed by atoms with van der Waals surface area (Å²) < 4.78 is 5.67. The second-order valence-electron chi connectivity index (χ2n) is 9.53. The van der Waals surface area contributed by atoms with Crippen molar-refractivity contribution in [2.24, 2.45) is 17.8 Å². The SMILES string of the molecule is CC(C)OCCN1CCN(C2CC(C(=O)N3CCC(C(C)C)CC3)C2)CC1. The van der Waals surface area contributed by atoms with Crippen molar-refractivity contribution in [2.75, 3.05) is 52.4 Å². The lowest BCUT2D eigenvalue weighted by Gasteiger charge is -2.47. The minimum atomic E-state index is 0.295. The van der Waals surface area contributed by atoms with Crippen LogP contribution < -0.4 is 0 Å². The topological polar surface area (TPSA) is 36.0 Å². The van der Waals surface area contributed by atoms with Gasteiger partial charge in [0.05, 0.1) is 12.7 Å². The van der Waals surface area contributed by atoms with E-state index in [9.17, 15) is 4.79 Å². The number of rotatable bonds is 7. The van der Waals surface area contributed by atoms with Crippen LogP contribution in [0.4, 0.5) is 0 Å². The van der Waals surface area contributed by atoms with Crippen LogP contribution in [0.15, 0.2) is 0 Å². The summed E-state index contributed by atoms with van der Waals surface area (Å²) in [7, 11) is 0. The highest BCUT2D eigenvalue weighted by Gasteiger charge is 2.41. The Morgan fingerprint density at radius 1 is 0.963 bits per heavy atom. The fourth-order valence-corrected chi connectivity index (χ4v) is 4.90. The van der Waals surface area contributed by atoms with Gasteiger partial charge >= 0.3 is 0 Å². The number of amides is 1. The lowest BCUT2D eigenvalue weighted by atomic mass is 9.77. The Kier molecular flexibility index (Phi) is 7.57. The van der Waals surface area contributed by atoms with E-state index in [1.165, 1.54) is 12.8 Å². The van der Waals surface area contributed by atoms with E-state index in [2.05, 4.69) is 42.4 Å². The van der Waals surface area contributed by atoms with Crippen molar-refractivity contribution in [1.82, 2.24) is 14.7 Å². The molecule has 0 aromatic carbocycles. The number of likely N-dealkylation sites (tertiary alicyclic amines) is 1. The summed E-state index contributed by atoms with van der Waals surface area (Å²) in [6.45, 7) is 17.2. The van der Waals surface area contributed by atoms with E-state index < -0.39 is 0 Å². The van der Waals surface area contributed by atoms with Crippen molar-refractivity contribution in [3.05, 3.63) is 0 Å². The van der Waals surface area contributed by atoms with E-state index >= 15 is 0 Å². The van der Waals surface area contributed by atoms with Gasteiger partial charge in [0, 0.05) is 57.8 Å². The second-order valence-corrected chi connectivity index (χ2v) is 9.53. The van der Waals surface area contributed by atoms with Crippen LogP contribution in [0.5, 0.6) is 0 Å². The molecule has 0 aromatic heterocycles. The number of ether oxygens (including phenoxy) is 1.